The van der Waals surface area contributed by atoms with Crippen molar-refractivity contribution < 1.29 is 14.6 Å². The van der Waals surface area contributed by atoms with Crippen LogP contribution in [0.2, 0.25) is 0 Å². The van der Waals surface area contributed by atoms with Crippen LogP contribution in [0.5, 0.6) is 5.75 Å². The summed E-state index contributed by atoms with van der Waals surface area (Å²) in [5, 5.41) is 8.93. The van der Waals surface area contributed by atoms with Crippen LogP contribution in [0.3, 0.4) is 0 Å². The maximum atomic E-state index is 10.9. The Balaban J connectivity index is 2.64. The van der Waals surface area contributed by atoms with E-state index in [4.69, 9.17) is 9.84 Å². The highest BCUT2D eigenvalue weighted by atomic mass is 16.5. The van der Waals surface area contributed by atoms with Crippen LogP contribution in [0.1, 0.15) is 19.4 Å². The Labute approximate surface area is 108 Å². The molecule has 0 heterocycles. The predicted octanol–water partition coefficient (Wildman–Crippen LogP) is 2.24. The van der Waals surface area contributed by atoms with Gasteiger partial charge < -0.3 is 9.84 Å². The minimum atomic E-state index is -0.751. The fourth-order valence-electron chi connectivity index (χ4n) is 1.80. The van der Waals surface area contributed by atoms with Crippen LogP contribution in [-0.2, 0) is 11.3 Å². The zero-order valence-electron chi connectivity index (χ0n) is 11.2. The molecule has 1 aromatic carbocycles. The number of methoxy groups -OCH3 is 1. The number of hydrogen-bond donors (Lipinski definition) is 1. The van der Waals surface area contributed by atoms with E-state index < -0.39 is 5.97 Å². The minimum absolute atomic E-state index is 0.351. The summed E-state index contributed by atoms with van der Waals surface area (Å²) in [6.45, 7) is 5.90. The van der Waals surface area contributed by atoms with Gasteiger partial charge in [-0.25, -0.2) is 0 Å². The molecule has 0 radical (unpaired) electrons. The van der Waals surface area contributed by atoms with Crippen LogP contribution in [-0.4, -0.2) is 36.2 Å². The van der Waals surface area contributed by atoms with Gasteiger partial charge in [0.15, 0.2) is 0 Å². The Morgan fingerprint density at radius 1 is 1.50 bits per heavy atom. The van der Waals surface area contributed by atoms with Gasteiger partial charge in [-0.2, -0.15) is 0 Å². The Hall–Kier alpha value is -1.55. The molecule has 4 nitrogen and oxygen atoms in total. The van der Waals surface area contributed by atoms with Gasteiger partial charge in [-0.1, -0.05) is 26.0 Å². The van der Waals surface area contributed by atoms with E-state index in [0.29, 0.717) is 6.54 Å². The number of benzene rings is 1. The number of ether oxygens (including phenoxy) is 1. The topological polar surface area (TPSA) is 49.8 Å². The molecule has 0 saturated heterocycles. The number of rotatable bonds is 7. The van der Waals surface area contributed by atoms with E-state index in [1.807, 2.05) is 31.2 Å². The lowest BCUT2D eigenvalue weighted by Gasteiger charge is -2.22. The lowest BCUT2D eigenvalue weighted by atomic mass is 10.1. The molecule has 1 rings (SSSR count). The maximum Gasteiger partial charge on any atom is 0.307 e. The molecular weight excluding hydrogens is 230 g/mol. The van der Waals surface area contributed by atoms with Crippen molar-refractivity contribution in [1.82, 2.24) is 4.90 Å². The zero-order chi connectivity index (χ0) is 13.5. The number of hydrogen-bond acceptors (Lipinski definition) is 3. The predicted molar refractivity (Wildman–Crippen MR) is 70.7 cm³/mol. The van der Waals surface area contributed by atoms with Gasteiger partial charge in [0.2, 0.25) is 0 Å². The quantitative estimate of drug-likeness (QED) is 0.807. The van der Waals surface area contributed by atoms with E-state index in [0.717, 1.165) is 24.4 Å². The summed E-state index contributed by atoms with van der Waals surface area (Å²) in [5.41, 5.74) is 1.13. The van der Waals surface area contributed by atoms with Crippen LogP contribution in [0.25, 0.3) is 0 Å². The van der Waals surface area contributed by atoms with Crippen molar-refractivity contribution in [2.24, 2.45) is 5.92 Å². The zero-order valence-corrected chi connectivity index (χ0v) is 11.2. The summed E-state index contributed by atoms with van der Waals surface area (Å²) < 4.78 is 5.18. The summed E-state index contributed by atoms with van der Waals surface area (Å²) in [7, 11) is 1.64. The lowest BCUT2D eigenvalue weighted by molar-refractivity contribution is -0.141. The van der Waals surface area contributed by atoms with E-state index in [1.165, 1.54) is 0 Å². The second-order valence-electron chi connectivity index (χ2n) is 4.42. The van der Waals surface area contributed by atoms with Gasteiger partial charge in [0.05, 0.1) is 13.0 Å². The molecule has 0 bridgehead atoms. The van der Waals surface area contributed by atoms with Gasteiger partial charge in [-0.05, 0) is 24.2 Å². The summed E-state index contributed by atoms with van der Waals surface area (Å²) in [5.74, 6) is -0.274. The molecule has 1 N–H and O–H groups in total. The van der Waals surface area contributed by atoms with Crippen molar-refractivity contribution in [3.05, 3.63) is 29.8 Å². The highest BCUT2D eigenvalue weighted by Crippen LogP contribution is 2.15. The molecule has 0 aliphatic heterocycles. The summed E-state index contributed by atoms with van der Waals surface area (Å²) in [6.07, 6.45) is 0. The number of carbonyl (C=O) groups is 1. The molecular formula is C14H21NO3. The summed E-state index contributed by atoms with van der Waals surface area (Å²) in [4.78, 5) is 13.0. The fourth-order valence-corrected chi connectivity index (χ4v) is 1.80. The first-order chi connectivity index (χ1) is 8.56. The largest absolute Gasteiger partial charge is 0.497 e. The molecule has 100 valence electrons. The first kappa shape index (κ1) is 14.5. The molecule has 0 aromatic heterocycles. The smallest absolute Gasteiger partial charge is 0.307 e. The second-order valence-corrected chi connectivity index (χ2v) is 4.42. The first-order valence-electron chi connectivity index (χ1n) is 6.15. The summed E-state index contributed by atoms with van der Waals surface area (Å²) in [6, 6.07) is 7.85. The molecule has 4 heteroatoms. The van der Waals surface area contributed by atoms with Crippen LogP contribution in [0, 0.1) is 5.92 Å². The van der Waals surface area contributed by atoms with Gasteiger partial charge in [0, 0.05) is 13.1 Å². The average Bonchev–Trinajstić information content (AvgIpc) is 2.37. The molecule has 0 spiro atoms. The number of nitrogens with zero attached hydrogens (tertiary/aromatic N) is 1. The third-order valence-electron chi connectivity index (χ3n) is 2.94. The third kappa shape index (κ3) is 4.37. The van der Waals surface area contributed by atoms with Crippen molar-refractivity contribution in [2.45, 2.75) is 20.4 Å². The van der Waals surface area contributed by atoms with E-state index >= 15 is 0 Å². The maximum absolute atomic E-state index is 10.9. The molecule has 18 heavy (non-hydrogen) atoms. The minimum Gasteiger partial charge on any atom is -0.497 e. The molecule has 0 saturated carbocycles. The van der Waals surface area contributed by atoms with Crippen LogP contribution < -0.4 is 4.74 Å². The normalized spacial score (nSPS) is 12.4. The van der Waals surface area contributed by atoms with Gasteiger partial charge in [-0.15, -0.1) is 0 Å². The first-order valence-corrected chi connectivity index (χ1v) is 6.15. The molecule has 0 aliphatic rings. The molecule has 1 atom stereocenters. The van der Waals surface area contributed by atoms with Crippen LogP contribution in [0.15, 0.2) is 24.3 Å². The average molecular weight is 251 g/mol. The van der Waals surface area contributed by atoms with Crippen molar-refractivity contribution in [2.75, 3.05) is 20.2 Å². The van der Waals surface area contributed by atoms with Crippen molar-refractivity contribution in [1.29, 1.82) is 0 Å². The van der Waals surface area contributed by atoms with Crippen molar-refractivity contribution in [3.63, 3.8) is 0 Å². The Bertz CT molecular complexity index is 392. The lowest BCUT2D eigenvalue weighted by Crippen LogP contribution is -2.31. The Morgan fingerprint density at radius 2 is 2.22 bits per heavy atom. The van der Waals surface area contributed by atoms with E-state index in [-0.39, 0.29) is 5.92 Å². The molecule has 0 aliphatic carbocycles. The Kier molecular flexibility index (Phi) is 5.65. The van der Waals surface area contributed by atoms with Gasteiger partial charge in [-0.3, -0.25) is 9.69 Å². The third-order valence-corrected chi connectivity index (χ3v) is 2.94. The molecule has 1 aromatic rings. The second kappa shape index (κ2) is 7.01. The fraction of sp³-hybridized carbons (Fsp3) is 0.500. The van der Waals surface area contributed by atoms with E-state index in [9.17, 15) is 4.79 Å². The monoisotopic (exact) mass is 251 g/mol. The van der Waals surface area contributed by atoms with E-state index in [1.54, 1.807) is 14.0 Å². The number of carboxylic acid groups (broad SMARTS) is 1. The number of carboxylic acids is 1. The van der Waals surface area contributed by atoms with Crippen molar-refractivity contribution >= 4 is 5.97 Å². The van der Waals surface area contributed by atoms with E-state index in [2.05, 4.69) is 4.90 Å². The Morgan fingerprint density at radius 3 is 2.78 bits per heavy atom. The summed E-state index contributed by atoms with van der Waals surface area (Å²) >= 11 is 0. The SMILES string of the molecule is CCN(Cc1cccc(OC)c1)CC(C)C(=O)O. The highest BCUT2D eigenvalue weighted by molar-refractivity contribution is 5.69. The van der Waals surface area contributed by atoms with Crippen LogP contribution >= 0.6 is 0 Å². The van der Waals surface area contributed by atoms with Gasteiger partial charge in [0.25, 0.3) is 0 Å². The van der Waals surface area contributed by atoms with Gasteiger partial charge in [0.1, 0.15) is 5.75 Å². The van der Waals surface area contributed by atoms with Gasteiger partial charge >= 0.3 is 5.97 Å². The molecule has 0 amide bonds. The standard InChI is InChI=1S/C14H21NO3/c1-4-15(9-11(2)14(16)17)10-12-6-5-7-13(8-12)18-3/h5-8,11H,4,9-10H2,1-3H3,(H,16,17). The van der Waals surface area contributed by atoms with Crippen LogP contribution in [0.4, 0.5) is 0 Å². The van der Waals surface area contributed by atoms with Crippen molar-refractivity contribution in [3.8, 4) is 5.75 Å². The molecule has 1 unspecified atom stereocenters. The highest BCUT2D eigenvalue weighted by Gasteiger charge is 2.15. The molecule has 0 fully saturated rings. The number of aliphatic carboxylic acids is 1.